The molecule has 234 valence electrons. The maximum atomic E-state index is 5.11. The first-order valence-corrected chi connectivity index (χ1v) is 18.1. The van der Waals surface area contributed by atoms with E-state index in [4.69, 9.17) is 19.9 Å². The summed E-state index contributed by atoms with van der Waals surface area (Å²) in [4.78, 5) is 20.2. The van der Waals surface area contributed by atoms with Gasteiger partial charge in [0.05, 0.1) is 10.2 Å². The minimum atomic E-state index is 0.652. The lowest BCUT2D eigenvalue weighted by Crippen LogP contribution is -2.00. The summed E-state index contributed by atoms with van der Waals surface area (Å²) in [6.07, 6.45) is 0. The molecule has 3 aromatic heterocycles. The van der Waals surface area contributed by atoms with Crippen molar-refractivity contribution in [1.82, 2.24) is 19.9 Å². The van der Waals surface area contributed by atoms with Gasteiger partial charge in [-0.15, -0.1) is 22.7 Å². The van der Waals surface area contributed by atoms with E-state index in [0.29, 0.717) is 17.5 Å². The summed E-state index contributed by atoms with van der Waals surface area (Å²) in [6.45, 7) is 0. The maximum absolute atomic E-state index is 5.11. The topological polar surface area (TPSA) is 51.6 Å². The second-order valence-electron chi connectivity index (χ2n) is 12.3. The Balaban J connectivity index is 1.17. The van der Waals surface area contributed by atoms with Crippen LogP contribution in [-0.4, -0.2) is 19.9 Å². The second kappa shape index (κ2) is 11.8. The molecule has 4 nitrogen and oxygen atoms in total. The fourth-order valence-corrected chi connectivity index (χ4v) is 8.98. The van der Waals surface area contributed by atoms with Crippen LogP contribution in [-0.2, 0) is 0 Å². The highest BCUT2D eigenvalue weighted by Gasteiger charge is 2.18. The lowest BCUT2D eigenvalue weighted by atomic mass is 9.95. The van der Waals surface area contributed by atoms with Gasteiger partial charge < -0.3 is 0 Å². The molecule has 7 aromatic carbocycles. The lowest BCUT2D eigenvalue weighted by Gasteiger charge is -2.13. The third-order valence-corrected chi connectivity index (χ3v) is 11.4. The molecule has 0 fully saturated rings. The number of hydrogen-bond donors (Lipinski definition) is 0. The molecule has 0 aliphatic rings. The van der Waals surface area contributed by atoms with Crippen LogP contribution >= 0.6 is 22.7 Å². The standard InChI is InChI=1S/C44H26N4S2/c1-4-13-27(14-5-1)41-46-42(28-15-6-2-7-16-28)48-43(47-41)36-24-31(23-30-19-10-11-20-32(30)36)33-21-12-22-34-35-25-39-37(26-38(35)49-40(33)34)45-44(50-39)29-17-8-3-9-18-29/h1-26H. The fraction of sp³-hybridized carbons (Fsp3) is 0. The molecule has 3 heterocycles. The van der Waals surface area contributed by atoms with Gasteiger partial charge in [0.15, 0.2) is 17.5 Å². The highest BCUT2D eigenvalue weighted by atomic mass is 32.1. The SMILES string of the molecule is c1ccc(-c2nc(-c3ccccc3)nc(-c3cc(-c4cccc5c4sc4cc6nc(-c7ccccc7)sc6cc45)cc4ccccc34)n2)cc1. The normalized spacial score (nSPS) is 11.6. The van der Waals surface area contributed by atoms with Crippen LogP contribution in [0.1, 0.15) is 0 Å². The van der Waals surface area contributed by atoms with Gasteiger partial charge in [-0.3, -0.25) is 0 Å². The van der Waals surface area contributed by atoms with Crippen LogP contribution in [0.4, 0.5) is 0 Å². The summed E-state index contributed by atoms with van der Waals surface area (Å²) in [6, 6.07) is 55.0. The Labute approximate surface area is 296 Å². The van der Waals surface area contributed by atoms with Gasteiger partial charge in [-0.25, -0.2) is 19.9 Å². The van der Waals surface area contributed by atoms with Gasteiger partial charge in [0.1, 0.15) is 5.01 Å². The Morgan fingerprint density at radius 3 is 1.70 bits per heavy atom. The van der Waals surface area contributed by atoms with Gasteiger partial charge in [0.25, 0.3) is 0 Å². The van der Waals surface area contributed by atoms with Crippen molar-refractivity contribution in [1.29, 1.82) is 0 Å². The van der Waals surface area contributed by atoms with E-state index in [2.05, 4.69) is 91.0 Å². The monoisotopic (exact) mass is 674 g/mol. The summed E-state index contributed by atoms with van der Waals surface area (Å²) >= 11 is 3.59. The number of fused-ring (bicyclic) bond motifs is 5. The average molecular weight is 675 g/mol. The molecule has 50 heavy (non-hydrogen) atoms. The van der Waals surface area contributed by atoms with Crippen molar-refractivity contribution >= 4 is 63.8 Å². The van der Waals surface area contributed by atoms with E-state index in [0.717, 1.165) is 49.1 Å². The first-order valence-electron chi connectivity index (χ1n) is 16.5. The Bertz CT molecular complexity index is 2800. The van der Waals surface area contributed by atoms with E-state index in [1.165, 1.54) is 30.4 Å². The molecule has 0 saturated heterocycles. The summed E-state index contributed by atoms with van der Waals surface area (Å²) in [5.41, 5.74) is 7.40. The van der Waals surface area contributed by atoms with Gasteiger partial charge >= 0.3 is 0 Å². The minimum absolute atomic E-state index is 0.652. The van der Waals surface area contributed by atoms with Crippen LogP contribution in [0.3, 0.4) is 0 Å². The molecule has 10 rings (SSSR count). The zero-order valence-corrected chi connectivity index (χ0v) is 28.2. The number of nitrogens with zero attached hydrogens (tertiary/aromatic N) is 4. The van der Waals surface area contributed by atoms with Crippen molar-refractivity contribution in [3.8, 4) is 55.9 Å². The van der Waals surface area contributed by atoms with Crippen LogP contribution in [0.5, 0.6) is 0 Å². The van der Waals surface area contributed by atoms with E-state index < -0.39 is 0 Å². The Morgan fingerprint density at radius 2 is 0.980 bits per heavy atom. The summed E-state index contributed by atoms with van der Waals surface area (Å²) in [5.74, 6) is 1.96. The van der Waals surface area contributed by atoms with Crippen molar-refractivity contribution in [3.63, 3.8) is 0 Å². The first-order chi connectivity index (χ1) is 24.7. The molecule has 0 N–H and O–H groups in total. The fourth-order valence-electron chi connectivity index (χ4n) is 6.73. The summed E-state index contributed by atoms with van der Waals surface area (Å²) < 4.78 is 3.70. The van der Waals surface area contributed by atoms with Crippen LogP contribution < -0.4 is 0 Å². The molecule has 0 unspecified atom stereocenters. The third kappa shape index (κ3) is 4.96. The molecule has 0 bridgehead atoms. The molecule has 6 heteroatoms. The highest BCUT2D eigenvalue weighted by Crippen LogP contribution is 2.44. The summed E-state index contributed by atoms with van der Waals surface area (Å²) in [7, 11) is 0. The third-order valence-electron chi connectivity index (χ3n) is 9.14. The molecular weight excluding hydrogens is 649 g/mol. The smallest absolute Gasteiger partial charge is 0.164 e. The minimum Gasteiger partial charge on any atom is -0.236 e. The number of rotatable bonds is 5. The molecule has 0 aliphatic heterocycles. The predicted molar refractivity (Wildman–Crippen MR) is 211 cm³/mol. The molecule has 0 aliphatic carbocycles. The van der Waals surface area contributed by atoms with E-state index in [9.17, 15) is 0 Å². The van der Waals surface area contributed by atoms with Crippen molar-refractivity contribution in [3.05, 3.63) is 158 Å². The molecule has 0 atom stereocenters. The molecular formula is C44H26N4S2. The number of aromatic nitrogens is 4. The van der Waals surface area contributed by atoms with Crippen LogP contribution in [0.25, 0.3) is 97.0 Å². The number of thiazole rings is 1. The Morgan fingerprint density at radius 1 is 0.360 bits per heavy atom. The van der Waals surface area contributed by atoms with Gasteiger partial charge in [-0.1, -0.05) is 133 Å². The molecule has 0 saturated carbocycles. The van der Waals surface area contributed by atoms with Gasteiger partial charge in [-0.05, 0) is 46.2 Å². The largest absolute Gasteiger partial charge is 0.236 e. The Kier molecular flexibility index (Phi) is 6.82. The summed E-state index contributed by atoms with van der Waals surface area (Å²) in [5, 5.41) is 5.81. The second-order valence-corrected chi connectivity index (χ2v) is 14.4. The van der Waals surface area contributed by atoms with E-state index >= 15 is 0 Å². The zero-order valence-electron chi connectivity index (χ0n) is 26.6. The quantitative estimate of drug-likeness (QED) is 0.182. The van der Waals surface area contributed by atoms with E-state index in [1.807, 2.05) is 78.1 Å². The van der Waals surface area contributed by atoms with Gasteiger partial charge in [-0.2, -0.15) is 0 Å². The number of benzene rings is 7. The highest BCUT2D eigenvalue weighted by molar-refractivity contribution is 7.26. The molecule has 10 aromatic rings. The van der Waals surface area contributed by atoms with E-state index in [1.54, 1.807) is 11.3 Å². The van der Waals surface area contributed by atoms with Crippen LogP contribution in [0.2, 0.25) is 0 Å². The van der Waals surface area contributed by atoms with E-state index in [-0.39, 0.29) is 0 Å². The average Bonchev–Trinajstić information content (AvgIpc) is 3.78. The number of thiophene rings is 1. The molecule has 0 amide bonds. The molecule has 0 radical (unpaired) electrons. The maximum Gasteiger partial charge on any atom is 0.164 e. The number of hydrogen-bond acceptors (Lipinski definition) is 6. The lowest BCUT2D eigenvalue weighted by molar-refractivity contribution is 1.08. The molecule has 0 spiro atoms. The van der Waals surface area contributed by atoms with Crippen LogP contribution in [0.15, 0.2) is 158 Å². The zero-order chi connectivity index (χ0) is 33.0. The first kappa shape index (κ1) is 28.9. The Hall–Kier alpha value is -6.08. The van der Waals surface area contributed by atoms with Crippen molar-refractivity contribution < 1.29 is 0 Å². The van der Waals surface area contributed by atoms with Gasteiger partial charge in [0.2, 0.25) is 0 Å². The van der Waals surface area contributed by atoms with Crippen molar-refractivity contribution in [2.75, 3.05) is 0 Å². The van der Waals surface area contributed by atoms with Crippen molar-refractivity contribution in [2.24, 2.45) is 0 Å². The van der Waals surface area contributed by atoms with Gasteiger partial charge in [0, 0.05) is 42.4 Å². The van der Waals surface area contributed by atoms with Crippen LogP contribution in [0, 0.1) is 0 Å². The predicted octanol–water partition coefficient (Wildman–Crippen LogP) is 12.3. The van der Waals surface area contributed by atoms with Crippen molar-refractivity contribution in [2.45, 2.75) is 0 Å².